The van der Waals surface area contributed by atoms with E-state index in [9.17, 15) is 0 Å². The van der Waals surface area contributed by atoms with E-state index in [1.54, 1.807) is 18.0 Å². The van der Waals surface area contributed by atoms with E-state index in [2.05, 4.69) is 39.7 Å². The molecule has 2 aromatic carbocycles. The summed E-state index contributed by atoms with van der Waals surface area (Å²) in [6.45, 7) is 4.30. The van der Waals surface area contributed by atoms with Crippen LogP contribution in [0.3, 0.4) is 0 Å². The summed E-state index contributed by atoms with van der Waals surface area (Å²) in [5, 5.41) is 1.67. The minimum Gasteiger partial charge on any atom is -0.492 e. The molecular formula is C24H25ClN4OS. The fourth-order valence-corrected chi connectivity index (χ4v) is 4.21. The molecule has 2 aromatic heterocycles. The highest BCUT2D eigenvalue weighted by Gasteiger charge is 2.16. The van der Waals surface area contributed by atoms with Gasteiger partial charge in [-0.25, -0.2) is 9.97 Å². The number of imidazole rings is 1. The van der Waals surface area contributed by atoms with Gasteiger partial charge in [-0.2, -0.15) is 0 Å². The number of aromatic nitrogens is 3. The number of para-hydroxylation sites is 2. The van der Waals surface area contributed by atoms with Crippen LogP contribution in [0.4, 0.5) is 0 Å². The number of benzene rings is 2. The van der Waals surface area contributed by atoms with Crippen molar-refractivity contribution in [2.45, 2.75) is 18.6 Å². The van der Waals surface area contributed by atoms with Crippen LogP contribution in [0, 0.1) is 6.92 Å². The van der Waals surface area contributed by atoms with Gasteiger partial charge in [-0.05, 0) is 56.1 Å². The maximum Gasteiger partial charge on any atom is 0.174 e. The summed E-state index contributed by atoms with van der Waals surface area (Å²) in [6, 6.07) is 18.0. The fraction of sp³-hybridized carbons (Fsp3) is 0.250. The molecule has 4 rings (SSSR count). The number of hydrogen-bond acceptors (Lipinski definition) is 5. The van der Waals surface area contributed by atoms with E-state index >= 15 is 0 Å². The van der Waals surface area contributed by atoms with Crippen LogP contribution in [0.5, 0.6) is 5.75 Å². The Morgan fingerprint density at radius 1 is 1.10 bits per heavy atom. The SMILES string of the molecule is CSc1nc2ccccc2n1-c1nccc(OCCN(C)Cc2ccc(Cl)cc2)c1C. The van der Waals surface area contributed by atoms with Crippen molar-refractivity contribution in [1.29, 1.82) is 0 Å². The molecule has 160 valence electrons. The third-order valence-corrected chi connectivity index (χ3v) is 6.04. The first kappa shape index (κ1) is 21.7. The monoisotopic (exact) mass is 452 g/mol. The van der Waals surface area contributed by atoms with Gasteiger partial charge in [0, 0.05) is 29.9 Å². The van der Waals surface area contributed by atoms with Crippen LogP contribution in [0.25, 0.3) is 16.9 Å². The number of halogens is 1. The average Bonchev–Trinajstić information content (AvgIpc) is 3.15. The zero-order valence-corrected chi connectivity index (χ0v) is 19.5. The van der Waals surface area contributed by atoms with Gasteiger partial charge < -0.3 is 4.74 Å². The lowest BCUT2D eigenvalue weighted by Crippen LogP contribution is -2.24. The highest BCUT2D eigenvalue weighted by Crippen LogP contribution is 2.30. The van der Waals surface area contributed by atoms with E-state index in [1.165, 1.54) is 5.56 Å². The number of thioether (sulfide) groups is 1. The van der Waals surface area contributed by atoms with Crippen LogP contribution >= 0.6 is 23.4 Å². The van der Waals surface area contributed by atoms with Crippen LogP contribution < -0.4 is 4.74 Å². The molecule has 5 nitrogen and oxygen atoms in total. The van der Waals surface area contributed by atoms with Crippen LogP contribution in [0.2, 0.25) is 5.02 Å². The van der Waals surface area contributed by atoms with Gasteiger partial charge in [-0.3, -0.25) is 9.47 Å². The lowest BCUT2D eigenvalue weighted by atomic mass is 10.2. The number of hydrogen-bond donors (Lipinski definition) is 0. The van der Waals surface area contributed by atoms with Crippen LogP contribution in [-0.2, 0) is 6.54 Å². The molecule has 0 spiro atoms. The van der Waals surface area contributed by atoms with Gasteiger partial charge in [0.2, 0.25) is 0 Å². The van der Waals surface area contributed by atoms with E-state index in [-0.39, 0.29) is 0 Å². The zero-order chi connectivity index (χ0) is 21.8. The van der Waals surface area contributed by atoms with E-state index in [0.717, 1.165) is 51.4 Å². The molecule has 0 aliphatic carbocycles. The van der Waals surface area contributed by atoms with E-state index in [4.69, 9.17) is 21.3 Å². The molecule has 31 heavy (non-hydrogen) atoms. The topological polar surface area (TPSA) is 43.2 Å². The number of pyridine rings is 1. The third-order valence-electron chi connectivity index (χ3n) is 5.15. The predicted octanol–water partition coefficient (Wildman–Crippen LogP) is 5.62. The van der Waals surface area contributed by atoms with Gasteiger partial charge in [0.15, 0.2) is 5.16 Å². The number of nitrogens with zero attached hydrogens (tertiary/aromatic N) is 4. The standard InChI is InChI=1S/C24H25ClN4OS/c1-17-22(30-15-14-28(2)16-18-8-10-19(25)11-9-18)12-13-26-23(17)29-21-7-5-4-6-20(21)27-24(29)31-3/h4-13H,14-16H2,1-3H3. The molecule has 4 aromatic rings. The van der Waals surface area contributed by atoms with Gasteiger partial charge in [-0.1, -0.05) is 47.6 Å². The Hall–Kier alpha value is -2.54. The predicted molar refractivity (Wildman–Crippen MR) is 129 cm³/mol. The third kappa shape index (κ3) is 4.87. The molecule has 0 bridgehead atoms. The van der Waals surface area contributed by atoms with Crippen molar-refractivity contribution in [2.75, 3.05) is 26.5 Å². The van der Waals surface area contributed by atoms with Crippen molar-refractivity contribution in [2.24, 2.45) is 0 Å². The summed E-state index contributed by atoms with van der Waals surface area (Å²) in [5.74, 6) is 1.69. The van der Waals surface area contributed by atoms with Crippen molar-refractivity contribution >= 4 is 34.4 Å². The second-order valence-corrected chi connectivity index (χ2v) is 8.60. The molecule has 0 aliphatic rings. The zero-order valence-electron chi connectivity index (χ0n) is 17.9. The van der Waals surface area contributed by atoms with Crippen LogP contribution in [0.15, 0.2) is 66.0 Å². The second-order valence-electron chi connectivity index (χ2n) is 7.39. The summed E-state index contributed by atoms with van der Waals surface area (Å²) >= 11 is 7.58. The van der Waals surface area contributed by atoms with Crippen molar-refractivity contribution < 1.29 is 4.74 Å². The number of fused-ring (bicyclic) bond motifs is 1. The molecule has 0 atom stereocenters. The Balaban J connectivity index is 1.48. The molecule has 0 radical (unpaired) electrons. The number of ether oxygens (including phenoxy) is 1. The molecule has 7 heteroatoms. The van der Waals surface area contributed by atoms with Crippen molar-refractivity contribution in [1.82, 2.24) is 19.4 Å². The smallest absolute Gasteiger partial charge is 0.174 e. The Bertz CT molecular complexity index is 1180. The quantitative estimate of drug-likeness (QED) is 0.325. The van der Waals surface area contributed by atoms with Crippen LogP contribution in [-0.4, -0.2) is 45.9 Å². The van der Waals surface area contributed by atoms with E-state index in [1.807, 2.05) is 49.6 Å². The molecule has 0 saturated carbocycles. The van der Waals surface area contributed by atoms with Crippen molar-refractivity contribution in [3.8, 4) is 11.6 Å². The van der Waals surface area contributed by atoms with Gasteiger partial charge in [-0.15, -0.1) is 0 Å². The Morgan fingerprint density at radius 3 is 2.65 bits per heavy atom. The normalized spacial score (nSPS) is 11.4. The van der Waals surface area contributed by atoms with Gasteiger partial charge >= 0.3 is 0 Å². The van der Waals surface area contributed by atoms with E-state index in [0.29, 0.717) is 6.61 Å². The Labute approximate surface area is 192 Å². The number of rotatable bonds is 8. The van der Waals surface area contributed by atoms with Gasteiger partial charge in [0.1, 0.15) is 18.2 Å². The van der Waals surface area contributed by atoms with Crippen molar-refractivity contribution in [3.05, 3.63) is 76.9 Å². The first-order chi connectivity index (χ1) is 15.1. The second kappa shape index (κ2) is 9.73. The maximum absolute atomic E-state index is 6.15. The highest BCUT2D eigenvalue weighted by molar-refractivity contribution is 7.98. The Kier molecular flexibility index (Phi) is 6.80. The number of likely N-dealkylation sites (N-methyl/N-ethyl adjacent to an activating group) is 1. The Morgan fingerprint density at radius 2 is 1.87 bits per heavy atom. The summed E-state index contributed by atoms with van der Waals surface area (Å²) in [6.07, 6.45) is 3.83. The highest BCUT2D eigenvalue weighted by atomic mass is 35.5. The molecule has 0 amide bonds. The molecule has 0 unspecified atom stereocenters. The van der Waals surface area contributed by atoms with Crippen molar-refractivity contribution in [3.63, 3.8) is 0 Å². The molecule has 0 N–H and O–H groups in total. The van der Waals surface area contributed by atoms with Gasteiger partial charge in [0.05, 0.1) is 11.0 Å². The first-order valence-corrected chi connectivity index (χ1v) is 11.7. The molecular weight excluding hydrogens is 428 g/mol. The van der Waals surface area contributed by atoms with Crippen LogP contribution in [0.1, 0.15) is 11.1 Å². The molecule has 0 saturated heterocycles. The maximum atomic E-state index is 6.15. The minimum atomic E-state index is 0.592. The molecule has 2 heterocycles. The van der Waals surface area contributed by atoms with Gasteiger partial charge in [0.25, 0.3) is 0 Å². The van der Waals surface area contributed by atoms with E-state index < -0.39 is 0 Å². The summed E-state index contributed by atoms with van der Waals surface area (Å²) in [5.41, 5.74) is 4.23. The average molecular weight is 453 g/mol. The largest absolute Gasteiger partial charge is 0.492 e. The molecule has 0 fully saturated rings. The molecule has 0 aliphatic heterocycles. The summed E-state index contributed by atoms with van der Waals surface area (Å²) < 4.78 is 8.25. The lowest BCUT2D eigenvalue weighted by molar-refractivity contribution is 0.232. The summed E-state index contributed by atoms with van der Waals surface area (Å²) in [7, 11) is 2.09. The lowest BCUT2D eigenvalue weighted by Gasteiger charge is -2.18. The summed E-state index contributed by atoms with van der Waals surface area (Å²) in [4.78, 5) is 11.6. The minimum absolute atomic E-state index is 0.592. The fourth-order valence-electron chi connectivity index (χ4n) is 3.53. The first-order valence-electron chi connectivity index (χ1n) is 10.1.